The number of hydrogen-bond acceptors (Lipinski definition) is 3. The fourth-order valence-electron chi connectivity index (χ4n) is 2.79. The first-order valence-electron chi connectivity index (χ1n) is 7.16. The van der Waals surface area contributed by atoms with Crippen molar-refractivity contribution in [1.29, 1.82) is 0 Å². The van der Waals surface area contributed by atoms with E-state index in [0.29, 0.717) is 0 Å². The monoisotopic (exact) mass is 284 g/mol. The van der Waals surface area contributed by atoms with E-state index in [4.69, 9.17) is 14.2 Å². The van der Waals surface area contributed by atoms with E-state index in [1.165, 1.54) is 22.3 Å². The zero-order chi connectivity index (χ0) is 14.8. The minimum Gasteiger partial charge on any atom is -0.493 e. The lowest BCUT2D eigenvalue weighted by molar-refractivity contribution is 0.0695. The van der Waals surface area contributed by atoms with E-state index in [0.717, 1.165) is 24.5 Å². The van der Waals surface area contributed by atoms with Gasteiger partial charge in [-0.2, -0.15) is 0 Å². The van der Waals surface area contributed by atoms with Crippen LogP contribution in [0, 0.1) is 6.92 Å². The molecule has 0 saturated carbocycles. The quantitative estimate of drug-likeness (QED) is 0.860. The lowest BCUT2D eigenvalue weighted by Gasteiger charge is -2.27. The number of rotatable bonds is 3. The van der Waals surface area contributed by atoms with Gasteiger partial charge in [0.05, 0.1) is 20.8 Å². The van der Waals surface area contributed by atoms with Gasteiger partial charge in [-0.3, -0.25) is 0 Å². The van der Waals surface area contributed by atoms with E-state index in [1.54, 1.807) is 14.2 Å². The van der Waals surface area contributed by atoms with E-state index < -0.39 is 0 Å². The second kappa shape index (κ2) is 5.78. The van der Waals surface area contributed by atoms with Gasteiger partial charge in [-0.25, -0.2) is 0 Å². The number of hydrogen-bond donors (Lipinski definition) is 0. The Labute approximate surface area is 125 Å². The van der Waals surface area contributed by atoms with Gasteiger partial charge < -0.3 is 14.2 Å². The molecular formula is C18H20O3. The van der Waals surface area contributed by atoms with Crippen LogP contribution in [0.2, 0.25) is 0 Å². The van der Waals surface area contributed by atoms with Gasteiger partial charge in [-0.05, 0) is 42.2 Å². The maximum absolute atomic E-state index is 6.01. The largest absolute Gasteiger partial charge is 0.493 e. The molecule has 0 amide bonds. The first-order valence-corrected chi connectivity index (χ1v) is 7.16. The van der Waals surface area contributed by atoms with Crippen LogP contribution in [-0.2, 0) is 11.2 Å². The van der Waals surface area contributed by atoms with Crippen LogP contribution in [0.15, 0.2) is 36.4 Å². The molecule has 3 heteroatoms. The minimum absolute atomic E-state index is 0.0332. The zero-order valence-electron chi connectivity index (χ0n) is 12.7. The topological polar surface area (TPSA) is 27.7 Å². The highest BCUT2D eigenvalue weighted by atomic mass is 16.5. The second-order valence-electron chi connectivity index (χ2n) is 5.32. The van der Waals surface area contributed by atoms with Crippen LogP contribution in [0.5, 0.6) is 11.5 Å². The summed E-state index contributed by atoms with van der Waals surface area (Å²) >= 11 is 0. The van der Waals surface area contributed by atoms with Gasteiger partial charge in [0, 0.05) is 0 Å². The molecule has 2 aromatic rings. The van der Waals surface area contributed by atoms with Gasteiger partial charge >= 0.3 is 0 Å². The molecule has 2 aromatic carbocycles. The fourth-order valence-corrected chi connectivity index (χ4v) is 2.79. The molecule has 1 aliphatic heterocycles. The molecular weight excluding hydrogens is 264 g/mol. The maximum Gasteiger partial charge on any atom is 0.161 e. The zero-order valence-corrected chi connectivity index (χ0v) is 12.7. The molecule has 1 atom stereocenters. The van der Waals surface area contributed by atoms with E-state index >= 15 is 0 Å². The van der Waals surface area contributed by atoms with Crippen molar-refractivity contribution in [2.45, 2.75) is 19.4 Å². The SMILES string of the molecule is COc1cc2c(cc1OC)C(c1ccc(C)cc1)OCC2. The first-order chi connectivity index (χ1) is 10.2. The predicted molar refractivity (Wildman–Crippen MR) is 82.2 cm³/mol. The Morgan fingerprint density at radius 3 is 2.33 bits per heavy atom. The average molecular weight is 284 g/mol. The van der Waals surface area contributed by atoms with Gasteiger partial charge in [-0.1, -0.05) is 29.8 Å². The number of aryl methyl sites for hydroxylation is 1. The van der Waals surface area contributed by atoms with E-state index in [2.05, 4.69) is 37.3 Å². The van der Waals surface area contributed by atoms with Gasteiger partial charge in [0.2, 0.25) is 0 Å². The van der Waals surface area contributed by atoms with Gasteiger partial charge in [0.25, 0.3) is 0 Å². The molecule has 0 aliphatic carbocycles. The molecule has 3 rings (SSSR count). The summed E-state index contributed by atoms with van der Waals surface area (Å²) in [6, 6.07) is 12.6. The van der Waals surface area contributed by atoms with Crippen molar-refractivity contribution >= 4 is 0 Å². The summed E-state index contributed by atoms with van der Waals surface area (Å²) in [5, 5.41) is 0. The lowest BCUT2D eigenvalue weighted by Crippen LogP contribution is -2.17. The average Bonchev–Trinajstić information content (AvgIpc) is 2.53. The van der Waals surface area contributed by atoms with Crippen molar-refractivity contribution < 1.29 is 14.2 Å². The minimum atomic E-state index is -0.0332. The van der Waals surface area contributed by atoms with E-state index in [1.807, 2.05) is 6.07 Å². The Kier molecular flexibility index (Phi) is 3.84. The van der Waals surface area contributed by atoms with Crippen molar-refractivity contribution in [3.8, 4) is 11.5 Å². The molecule has 1 aliphatic rings. The summed E-state index contributed by atoms with van der Waals surface area (Å²) < 4.78 is 16.8. The Bertz CT molecular complexity index is 632. The molecule has 21 heavy (non-hydrogen) atoms. The van der Waals surface area contributed by atoms with Crippen molar-refractivity contribution in [1.82, 2.24) is 0 Å². The van der Waals surface area contributed by atoms with Crippen molar-refractivity contribution in [2.24, 2.45) is 0 Å². The van der Waals surface area contributed by atoms with E-state index in [-0.39, 0.29) is 6.10 Å². The first kappa shape index (κ1) is 14.0. The molecule has 3 nitrogen and oxygen atoms in total. The Balaban J connectivity index is 2.06. The number of fused-ring (bicyclic) bond motifs is 1. The second-order valence-corrected chi connectivity index (χ2v) is 5.32. The molecule has 1 unspecified atom stereocenters. The number of benzene rings is 2. The molecule has 0 fully saturated rings. The third-order valence-electron chi connectivity index (χ3n) is 3.96. The van der Waals surface area contributed by atoms with Crippen LogP contribution in [-0.4, -0.2) is 20.8 Å². The van der Waals surface area contributed by atoms with Crippen LogP contribution in [0.3, 0.4) is 0 Å². The van der Waals surface area contributed by atoms with E-state index in [9.17, 15) is 0 Å². The summed E-state index contributed by atoms with van der Waals surface area (Å²) in [7, 11) is 3.33. The van der Waals surface area contributed by atoms with Crippen LogP contribution >= 0.6 is 0 Å². The normalized spacial score (nSPS) is 17.2. The Hall–Kier alpha value is -2.00. The smallest absolute Gasteiger partial charge is 0.161 e. The molecule has 0 spiro atoms. The summed E-state index contributed by atoms with van der Waals surface area (Å²) in [5.41, 5.74) is 4.86. The van der Waals surface area contributed by atoms with Crippen LogP contribution in [0.1, 0.15) is 28.4 Å². The van der Waals surface area contributed by atoms with Crippen molar-refractivity contribution in [3.05, 3.63) is 58.7 Å². The van der Waals surface area contributed by atoms with Gasteiger partial charge in [-0.15, -0.1) is 0 Å². The molecule has 1 heterocycles. The molecule has 110 valence electrons. The third-order valence-corrected chi connectivity index (χ3v) is 3.96. The maximum atomic E-state index is 6.01. The highest BCUT2D eigenvalue weighted by Gasteiger charge is 2.24. The standard InChI is InChI=1S/C18H20O3/c1-12-4-6-13(7-5-12)18-15-11-17(20-3)16(19-2)10-14(15)8-9-21-18/h4-7,10-11,18H,8-9H2,1-3H3. The summed E-state index contributed by atoms with van der Waals surface area (Å²) in [6.45, 7) is 2.81. The fraction of sp³-hybridized carbons (Fsp3) is 0.333. The van der Waals surface area contributed by atoms with Crippen molar-refractivity contribution in [3.63, 3.8) is 0 Å². The number of ether oxygens (including phenoxy) is 3. The highest BCUT2D eigenvalue weighted by Crippen LogP contribution is 2.39. The van der Waals surface area contributed by atoms with Crippen molar-refractivity contribution in [2.75, 3.05) is 20.8 Å². The molecule has 0 saturated heterocycles. The Morgan fingerprint density at radius 1 is 1.00 bits per heavy atom. The van der Waals surface area contributed by atoms with Crippen LogP contribution in [0.4, 0.5) is 0 Å². The highest BCUT2D eigenvalue weighted by molar-refractivity contribution is 5.50. The van der Waals surface area contributed by atoms with Gasteiger partial charge in [0.15, 0.2) is 11.5 Å². The summed E-state index contributed by atoms with van der Waals surface area (Å²) in [6.07, 6.45) is 0.868. The summed E-state index contributed by atoms with van der Waals surface area (Å²) in [5.74, 6) is 1.53. The van der Waals surface area contributed by atoms with Crippen LogP contribution < -0.4 is 9.47 Å². The Morgan fingerprint density at radius 2 is 1.67 bits per heavy atom. The summed E-state index contributed by atoms with van der Waals surface area (Å²) in [4.78, 5) is 0. The number of methoxy groups -OCH3 is 2. The molecule has 0 aromatic heterocycles. The molecule has 0 radical (unpaired) electrons. The van der Waals surface area contributed by atoms with Gasteiger partial charge in [0.1, 0.15) is 6.10 Å². The molecule has 0 bridgehead atoms. The predicted octanol–water partition coefficient (Wildman–Crippen LogP) is 3.67. The van der Waals surface area contributed by atoms with Crippen LogP contribution in [0.25, 0.3) is 0 Å². The third kappa shape index (κ3) is 2.61. The lowest BCUT2D eigenvalue weighted by atomic mass is 9.92. The molecule has 0 N–H and O–H groups in total.